The third-order valence-corrected chi connectivity index (χ3v) is 8.99. The summed E-state index contributed by atoms with van der Waals surface area (Å²) in [6, 6.07) is 0. The molecule has 10 heteroatoms. The van der Waals surface area contributed by atoms with E-state index >= 15 is 0 Å². The Balaban J connectivity index is 3.16. The van der Waals surface area contributed by atoms with Gasteiger partial charge in [0, 0.05) is 0 Å². The number of Topliss-reactive ketones (excluding diaryl/α,β-unsaturated/α-hetero) is 2. The van der Waals surface area contributed by atoms with Gasteiger partial charge in [-0.25, -0.2) is 16.8 Å². The lowest BCUT2D eigenvalue weighted by Gasteiger charge is -2.18. The van der Waals surface area contributed by atoms with Crippen LogP contribution in [0.25, 0.3) is 0 Å². The van der Waals surface area contributed by atoms with E-state index in [1.54, 1.807) is 0 Å². The van der Waals surface area contributed by atoms with Gasteiger partial charge in [-0.3, -0.25) is 9.59 Å². The fraction of sp³-hybridized carbons (Fsp3) is 0.667. The normalized spacial score (nSPS) is 16.3. The molecule has 0 N–H and O–H groups in total. The lowest BCUT2D eigenvalue weighted by molar-refractivity contribution is -0.114. The van der Waals surface area contributed by atoms with Crippen molar-refractivity contribution in [3.8, 4) is 0 Å². The molecule has 0 aromatic heterocycles. The lowest BCUT2D eigenvalue weighted by Crippen LogP contribution is -2.30. The third kappa shape index (κ3) is 6.15. The highest BCUT2D eigenvalue weighted by Gasteiger charge is 2.43. The van der Waals surface area contributed by atoms with Crippen LogP contribution in [0.15, 0.2) is 19.9 Å². The third-order valence-electron chi connectivity index (χ3n) is 4.37. The Kier molecular flexibility index (Phi) is 9.86. The second-order valence-electron chi connectivity index (χ2n) is 6.70. The summed E-state index contributed by atoms with van der Waals surface area (Å²) in [5.41, 5.74) is 0. The molecule has 1 rings (SSSR count). The summed E-state index contributed by atoms with van der Waals surface area (Å²) >= 11 is 11.8. The van der Waals surface area contributed by atoms with Gasteiger partial charge >= 0.3 is 0 Å². The standard InChI is InChI=1S/C18H26Cl2O6S2/c1-3-5-7-9-11-27(23,24)17-13(19)16(22)18(14(20)15(17)21)28(25,26)12-10-8-6-4-2/h3-12H2,1-2H3. The molecule has 0 atom stereocenters. The molecule has 0 spiro atoms. The maximum absolute atomic E-state index is 12.5. The average Bonchev–Trinajstić information content (AvgIpc) is 2.61. The van der Waals surface area contributed by atoms with Crippen LogP contribution in [0.2, 0.25) is 0 Å². The van der Waals surface area contributed by atoms with Crippen LogP contribution in [0.3, 0.4) is 0 Å². The average molecular weight is 473 g/mol. The second kappa shape index (κ2) is 10.9. The first kappa shape index (κ1) is 25.3. The van der Waals surface area contributed by atoms with Gasteiger partial charge in [0.05, 0.1) is 11.5 Å². The molecule has 0 amide bonds. The van der Waals surface area contributed by atoms with Crippen molar-refractivity contribution in [1.82, 2.24) is 0 Å². The maximum Gasteiger partial charge on any atom is 0.218 e. The fourth-order valence-electron chi connectivity index (χ4n) is 2.80. The van der Waals surface area contributed by atoms with E-state index in [2.05, 4.69) is 0 Å². The van der Waals surface area contributed by atoms with Crippen molar-refractivity contribution >= 4 is 54.4 Å². The van der Waals surface area contributed by atoms with E-state index in [0.29, 0.717) is 25.7 Å². The van der Waals surface area contributed by atoms with Crippen molar-refractivity contribution in [2.45, 2.75) is 65.2 Å². The molecule has 0 unspecified atom stereocenters. The van der Waals surface area contributed by atoms with Gasteiger partial charge in [0.2, 0.25) is 11.6 Å². The van der Waals surface area contributed by atoms with Gasteiger partial charge in [-0.15, -0.1) is 0 Å². The number of ketones is 2. The summed E-state index contributed by atoms with van der Waals surface area (Å²) in [7, 11) is -8.31. The largest absolute Gasteiger partial charge is 0.287 e. The Hall–Kier alpha value is -0.700. The van der Waals surface area contributed by atoms with Gasteiger partial charge in [-0.1, -0.05) is 75.6 Å². The number of rotatable bonds is 12. The van der Waals surface area contributed by atoms with Crippen molar-refractivity contribution in [2.75, 3.05) is 11.5 Å². The van der Waals surface area contributed by atoms with Crippen LogP contribution in [-0.4, -0.2) is 39.9 Å². The smallest absolute Gasteiger partial charge is 0.218 e. The van der Waals surface area contributed by atoms with E-state index in [9.17, 15) is 26.4 Å². The van der Waals surface area contributed by atoms with Crippen LogP contribution < -0.4 is 0 Å². The van der Waals surface area contributed by atoms with E-state index in [1.165, 1.54) is 0 Å². The summed E-state index contributed by atoms with van der Waals surface area (Å²) < 4.78 is 50.1. The monoisotopic (exact) mass is 472 g/mol. The molecule has 0 aliphatic heterocycles. The van der Waals surface area contributed by atoms with Crippen LogP contribution in [0, 0.1) is 0 Å². The van der Waals surface area contributed by atoms with Gasteiger partial charge in [0.1, 0.15) is 19.9 Å². The summed E-state index contributed by atoms with van der Waals surface area (Å²) in [5, 5.41) is -1.78. The molecule has 6 nitrogen and oxygen atoms in total. The van der Waals surface area contributed by atoms with Gasteiger partial charge in [-0.05, 0) is 12.8 Å². The quantitative estimate of drug-likeness (QED) is 0.313. The first-order valence-corrected chi connectivity index (χ1v) is 13.4. The molecule has 0 aromatic rings. The molecule has 0 aromatic carbocycles. The molecule has 160 valence electrons. The van der Waals surface area contributed by atoms with Gasteiger partial charge in [0.25, 0.3) is 0 Å². The molecule has 1 aliphatic rings. The summed E-state index contributed by atoms with van der Waals surface area (Å²) in [6.45, 7) is 3.93. The zero-order chi connectivity index (χ0) is 21.5. The Morgan fingerprint density at radius 1 is 0.607 bits per heavy atom. The number of halogens is 2. The SMILES string of the molecule is CCCCCCS(=O)(=O)C1=C(Cl)C(=O)C(S(=O)(=O)CCCCCC)=C(Cl)C1=O. The highest BCUT2D eigenvalue weighted by Crippen LogP contribution is 2.35. The second-order valence-corrected chi connectivity index (χ2v) is 11.6. The molecule has 0 saturated heterocycles. The minimum Gasteiger partial charge on any atom is -0.287 e. The molecule has 0 radical (unpaired) electrons. The Morgan fingerprint density at radius 2 is 0.929 bits per heavy atom. The van der Waals surface area contributed by atoms with Gasteiger partial charge in [0.15, 0.2) is 19.7 Å². The van der Waals surface area contributed by atoms with Crippen LogP contribution in [0.4, 0.5) is 0 Å². The number of carbonyl (C=O) groups excluding carboxylic acids is 2. The number of sulfone groups is 2. The van der Waals surface area contributed by atoms with E-state index in [-0.39, 0.29) is 11.5 Å². The van der Waals surface area contributed by atoms with Crippen LogP contribution in [0.5, 0.6) is 0 Å². The molecule has 28 heavy (non-hydrogen) atoms. The van der Waals surface area contributed by atoms with Crippen LogP contribution in [0.1, 0.15) is 65.2 Å². The molecule has 0 fully saturated rings. The molecule has 1 aliphatic carbocycles. The topological polar surface area (TPSA) is 102 Å². The Bertz CT molecular complexity index is 809. The number of carbonyl (C=O) groups is 2. The summed E-state index contributed by atoms with van der Waals surface area (Å²) in [5.74, 6) is -3.18. The molecule has 0 saturated carbocycles. The maximum atomic E-state index is 12.5. The molecule has 0 bridgehead atoms. The van der Waals surface area contributed by atoms with E-state index < -0.39 is 51.1 Å². The number of hydrogen-bond acceptors (Lipinski definition) is 6. The van der Waals surface area contributed by atoms with Crippen LogP contribution in [-0.2, 0) is 29.3 Å². The minimum atomic E-state index is -4.16. The van der Waals surface area contributed by atoms with E-state index in [1.807, 2.05) is 13.8 Å². The predicted octanol–water partition coefficient (Wildman–Crippen LogP) is 4.03. The van der Waals surface area contributed by atoms with Gasteiger partial charge in [-0.2, -0.15) is 0 Å². The highest BCUT2D eigenvalue weighted by molar-refractivity contribution is 7.97. The summed E-state index contributed by atoms with van der Waals surface area (Å²) in [4.78, 5) is 23.2. The Morgan fingerprint density at radius 3 is 1.21 bits per heavy atom. The number of unbranched alkanes of at least 4 members (excludes halogenated alkanes) is 6. The van der Waals surface area contributed by atoms with Gasteiger partial charge < -0.3 is 0 Å². The predicted molar refractivity (Wildman–Crippen MR) is 112 cm³/mol. The first-order valence-electron chi connectivity index (χ1n) is 9.35. The van der Waals surface area contributed by atoms with E-state index in [0.717, 1.165) is 25.7 Å². The fourth-order valence-corrected chi connectivity index (χ4v) is 7.06. The molecule has 0 heterocycles. The molecular formula is C18H26Cl2O6S2. The van der Waals surface area contributed by atoms with Crippen LogP contribution >= 0.6 is 23.2 Å². The zero-order valence-corrected chi connectivity index (χ0v) is 19.2. The lowest BCUT2D eigenvalue weighted by atomic mass is 10.1. The number of allylic oxidation sites excluding steroid dienone is 4. The van der Waals surface area contributed by atoms with Crippen molar-refractivity contribution in [1.29, 1.82) is 0 Å². The number of hydrogen-bond donors (Lipinski definition) is 0. The highest BCUT2D eigenvalue weighted by atomic mass is 35.5. The summed E-state index contributed by atoms with van der Waals surface area (Å²) in [6.07, 6.45) is 5.34. The van der Waals surface area contributed by atoms with Crippen molar-refractivity contribution in [2.24, 2.45) is 0 Å². The molecular weight excluding hydrogens is 447 g/mol. The van der Waals surface area contributed by atoms with Crippen molar-refractivity contribution in [3.63, 3.8) is 0 Å². The van der Waals surface area contributed by atoms with Crippen molar-refractivity contribution < 1.29 is 26.4 Å². The minimum absolute atomic E-state index is 0.301. The Labute approximate surface area is 177 Å². The zero-order valence-electron chi connectivity index (χ0n) is 16.1. The van der Waals surface area contributed by atoms with Crippen molar-refractivity contribution in [3.05, 3.63) is 19.9 Å². The van der Waals surface area contributed by atoms with E-state index in [4.69, 9.17) is 23.2 Å². The first-order chi connectivity index (χ1) is 13.0.